The van der Waals surface area contributed by atoms with E-state index in [-0.39, 0.29) is 6.61 Å². The van der Waals surface area contributed by atoms with E-state index in [1.165, 1.54) is 6.07 Å². The number of ether oxygens (including phenoxy) is 2. The van der Waals surface area contributed by atoms with Gasteiger partial charge in [-0.3, -0.25) is 4.79 Å². The van der Waals surface area contributed by atoms with Crippen molar-refractivity contribution in [3.63, 3.8) is 0 Å². The predicted octanol–water partition coefficient (Wildman–Crippen LogP) is 4.02. The summed E-state index contributed by atoms with van der Waals surface area (Å²) >= 11 is 0. The Morgan fingerprint density at radius 3 is 2.10 bits per heavy atom. The molecule has 156 valence electrons. The van der Waals surface area contributed by atoms with Crippen LogP contribution in [0.1, 0.15) is 23.6 Å². The lowest BCUT2D eigenvalue weighted by Crippen LogP contribution is -2.42. The van der Waals surface area contributed by atoms with E-state index in [9.17, 15) is 9.59 Å². The fraction of sp³-hybridized carbons (Fsp3) is 0.160. The van der Waals surface area contributed by atoms with Crippen LogP contribution in [0.25, 0.3) is 0 Å². The number of benzene rings is 3. The average Bonchev–Trinajstić information content (AvgIpc) is 2.82. The number of nitrogens with zero attached hydrogens (tertiary/aromatic N) is 1. The van der Waals surface area contributed by atoms with Crippen molar-refractivity contribution in [2.45, 2.75) is 12.5 Å². The second kappa shape index (κ2) is 10.2. The van der Waals surface area contributed by atoms with E-state index in [0.29, 0.717) is 22.4 Å². The SMILES string of the molecule is CCOC(C(=O)OCC(=O)Nc1cccc(C#N)c1)(c1ccccc1)c1ccccc1. The second-order valence-corrected chi connectivity index (χ2v) is 6.66. The largest absolute Gasteiger partial charge is 0.453 e. The summed E-state index contributed by atoms with van der Waals surface area (Å²) in [6.07, 6.45) is 0. The Kier molecular flexibility index (Phi) is 7.15. The minimum absolute atomic E-state index is 0.256. The third kappa shape index (κ3) is 4.97. The maximum absolute atomic E-state index is 13.3. The van der Waals surface area contributed by atoms with Gasteiger partial charge in [0, 0.05) is 12.3 Å². The fourth-order valence-corrected chi connectivity index (χ4v) is 3.29. The highest BCUT2D eigenvalue weighted by atomic mass is 16.6. The summed E-state index contributed by atoms with van der Waals surface area (Å²) in [6, 6.07) is 26.6. The van der Waals surface area contributed by atoms with Crippen molar-refractivity contribution in [1.82, 2.24) is 0 Å². The first kappa shape index (κ1) is 21.8. The van der Waals surface area contributed by atoms with Crippen molar-refractivity contribution in [2.24, 2.45) is 0 Å². The van der Waals surface area contributed by atoms with Crippen LogP contribution in [0.5, 0.6) is 0 Å². The molecule has 0 saturated carbocycles. The summed E-state index contributed by atoms with van der Waals surface area (Å²) in [5, 5.41) is 11.6. The van der Waals surface area contributed by atoms with Gasteiger partial charge in [-0.25, -0.2) is 4.79 Å². The minimum Gasteiger partial charge on any atom is -0.453 e. The molecule has 0 unspecified atom stereocenters. The molecule has 0 aromatic heterocycles. The van der Waals surface area contributed by atoms with E-state index in [1.807, 2.05) is 42.5 Å². The molecular weight excluding hydrogens is 392 g/mol. The molecule has 1 N–H and O–H groups in total. The van der Waals surface area contributed by atoms with E-state index in [1.54, 1.807) is 49.4 Å². The molecular formula is C25H22N2O4. The van der Waals surface area contributed by atoms with Crippen LogP contribution >= 0.6 is 0 Å². The Morgan fingerprint density at radius 2 is 1.55 bits per heavy atom. The summed E-state index contributed by atoms with van der Waals surface area (Å²) in [4.78, 5) is 25.7. The van der Waals surface area contributed by atoms with Gasteiger partial charge in [0.1, 0.15) is 0 Å². The lowest BCUT2D eigenvalue weighted by atomic mass is 9.86. The Labute approximate surface area is 181 Å². The number of hydrogen-bond donors (Lipinski definition) is 1. The first-order valence-corrected chi connectivity index (χ1v) is 9.82. The van der Waals surface area contributed by atoms with Gasteiger partial charge in [-0.1, -0.05) is 66.7 Å². The smallest absolute Gasteiger partial charge is 0.348 e. The summed E-state index contributed by atoms with van der Waals surface area (Å²) < 4.78 is 11.4. The molecule has 31 heavy (non-hydrogen) atoms. The fourth-order valence-electron chi connectivity index (χ4n) is 3.29. The van der Waals surface area contributed by atoms with Gasteiger partial charge < -0.3 is 14.8 Å². The first-order chi connectivity index (χ1) is 15.1. The highest BCUT2D eigenvalue weighted by Crippen LogP contribution is 2.35. The number of carbonyl (C=O) groups excluding carboxylic acids is 2. The molecule has 1 amide bonds. The Balaban J connectivity index is 1.83. The molecule has 3 aromatic carbocycles. The third-order valence-electron chi connectivity index (χ3n) is 4.62. The van der Waals surface area contributed by atoms with Gasteiger partial charge in [-0.2, -0.15) is 5.26 Å². The molecule has 0 aliphatic heterocycles. The van der Waals surface area contributed by atoms with Crippen LogP contribution in [0.15, 0.2) is 84.9 Å². The number of anilines is 1. The molecule has 0 spiro atoms. The lowest BCUT2D eigenvalue weighted by Gasteiger charge is -2.32. The quantitative estimate of drug-likeness (QED) is 0.563. The van der Waals surface area contributed by atoms with E-state index in [4.69, 9.17) is 14.7 Å². The summed E-state index contributed by atoms with van der Waals surface area (Å²) in [6.45, 7) is 1.55. The van der Waals surface area contributed by atoms with Crippen LogP contribution in [0.2, 0.25) is 0 Å². The van der Waals surface area contributed by atoms with Gasteiger partial charge in [0.05, 0.1) is 11.6 Å². The zero-order chi connectivity index (χ0) is 22.1. The molecule has 0 bridgehead atoms. The van der Waals surface area contributed by atoms with Crippen molar-refractivity contribution in [2.75, 3.05) is 18.5 Å². The number of carbonyl (C=O) groups is 2. The second-order valence-electron chi connectivity index (χ2n) is 6.66. The third-order valence-corrected chi connectivity index (χ3v) is 4.62. The number of amides is 1. The van der Waals surface area contributed by atoms with Gasteiger partial charge in [0.2, 0.25) is 5.60 Å². The van der Waals surface area contributed by atoms with Gasteiger partial charge in [-0.15, -0.1) is 0 Å². The van der Waals surface area contributed by atoms with Crippen LogP contribution in [0.4, 0.5) is 5.69 Å². The predicted molar refractivity (Wildman–Crippen MR) is 116 cm³/mol. The standard InChI is InChI=1S/C25H22N2O4/c1-2-31-25(20-11-5-3-6-12-20,21-13-7-4-8-14-21)24(29)30-18-23(28)27-22-15-9-10-19(16-22)17-26/h3-16H,2,18H2,1H3,(H,27,28). The lowest BCUT2D eigenvalue weighted by molar-refractivity contribution is -0.169. The maximum atomic E-state index is 13.3. The molecule has 0 heterocycles. The zero-order valence-electron chi connectivity index (χ0n) is 17.1. The molecule has 0 atom stereocenters. The highest BCUT2D eigenvalue weighted by molar-refractivity contribution is 5.94. The van der Waals surface area contributed by atoms with E-state index < -0.39 is 24.1 Å². The highest BCUT2D eigenvalue weighted by Gasteiger charge is 2.45. The van der Waals surface area contributed by atoms with Crippen LogP contribution in [-0.2, 0) is 24.7 Å². The van der Waals surface area contributed by atoms with E-state index in [0.717, 1.165) is 0 Å². The van der Waals surface area contributed by atoms with Crippen LogP contribution in [0.3, 0.4) is 0 Å². The number of hydrogen-bond acceptors (Lipinski definition) is 5. The summed E-state index contributed by atoms with van der Waals surface area (Å²) in [5.41, 5.74) is 0.573. The van der Waals surface area contributed by atoms with Crippen molar-refractivity contribution in [1.29, 1.82) is 5.26 Å². The van der Waals surface area contributed by atoms with Gasteiger partial charge >= 0.3 is 5.97 Å². The van der Waals surface area contributed by atoms with E-state index >= 15 is 0 Å². The number of nitriles is 1. The molecule has 3 aromatic rings. The molecule has 3 rings (SSSR count). The van der Waals surface area contributed by atoms with Gasteiger partial charge in [0.15, 0.2) is 6.61 Å². The molecule has 0 aliphatic carbocycles. The monoisotopic (exact) mass is 414 g/mol. The molecule has 0 aliphatic rings. The van der Waals surface area contributed by atoms with Gasteiger partial charge in [0.25, 0.3) is 5.91 Å². The van der Waals surface area contributed by atoms with Crippen molar-refractivity contribution in [3.8, 4) is 6.07 Å². The van der Waals surface area contributed by atoms with Crippen molar-refractivity contribution >= 4 is 17.6 Å². The molecule has 6 nitrogen and oxygen atoms in total. The van der Waals surface area contributed by atoms with Crippen LogP contribution in [0, 0.1) is 11.3 Å². The molecule has 0 saturated heterocycles. The maximum Gasteiger partial charge on any atom is 0.348 e. The summed E-state index contributed by atoms with van der Waals surface area (Å²) in [7, 11) is 0. The zero-order valence-corrected chi connectivity index (χ0v) is 17.1. The Hall–Kier alpha value is -3.95. The van der Waals surface area contributed by atoms with Crippen LogP contribution < -0.4 is 5.32 Å². The Morgan fingerprint density at radius 1 is 0.935 bits per heavy atom. The number of rotatable bonds is 8. The molecule has 6 heteroatoms. The van der Waals surface area contributed by atoms with Gasteiger partial charge in [-0.05, 0) is 36.2 Å². The topological polar surface area (TPSA) is 88.4 Å². The molecule has 0 radical (unpaired) electrons. The minimum atomic E-state index is -1.50. The number of esters is 1. The van der Waals surface area contributed by atoms with Crippen LogP contribution in [-0.4, -0.2) is 25.1 Å². The van der Waals surface area contributed by atoms with Crippen molar-refractivity contribution in [3.05, 3.63) is 102 Å². The summed E-state index contributed by atoms with van der Waals surface area (Å²) in [5.74, 6) is -1.21. The average molecular weight is 414 g/mol. The van der Waals surface area contributed by atoms with Crippen molar-refractivity contribution < 1.29 is 19.1 Å². The first-order valence-electron chi connectivity index (χ1n) is 9.82. The molecule has 0 fully saturated rings. The number of nitrogens with one attached hydrogen (secondary N) is 1. The normalized spacial score (nSPS) is 10.7. The van der Waals surface area contributed by atoms with E-state index in [2.05, 4.69) is 5.32 Å². The Bertz CT molecular complexity index is 1040.